The van der Waals surface area contributed by atoms with Crippen LogP contribution in [0.2, 0.25) is 0 Å². The number of anilines is 2. The van der Waals surface area contributed by atoms with E-state index in [1.165, 1.54) is 24.5 Å². The summed E-state index contributed by atoms with van der Waals surface area (Å²) in [5.74, 6) is 0.647. The fourth-order valence-corrected chi connectivity index (χ4v) is 4.37. The van der Waals surface area contributed by atoms with Gasteiger partial charge in [0.25, 0.3) is 11.6 Å². The number of nitrogens with zero attached hydrogens (tertiary/aromatic N) is 4. The van der Waals surface area contributed by atoms with Crippen molar-refractivity contribution in [1.82, 2.24) is 10.3 Å². The fourth-order valence-electron chi connectivity index (χ4n) is 4.37. The number of piperazine rings is 1. The van der Waals surface area contributed by atoms with Crippen LogP contribution in [0.15, 0.2) is 54.2 Å². The molecule has 1 aromatic carbocycles. The van der Waals surface area contributed by atoms with Crippen LogP contribution < -0.4 is 15.1 Å². The number of aromatic nitrogens is 1. The molecule has 168 valence electrons. The molecule has 32 heavy (non-hydrogen) atoms. The summed E-state index contributed by atoms with van der Waals surface area (Å²) < 4.78 is 0. The molecule has 0 spiro atoms. The predicted octanol–water partition coefficient (Wildman–Crippen LogP) is 3.94. The molecule has 8 nitrogen and oxygen atoms in total. The van der Waals surface area contributed by atoms with E-state index in [9.17, 15) is 14.9 Å². The molecule has 2 aliphatic rings. The van der Waals surface area contributed by atoms with E-state index in [1.54, 1.807) is 18.3 Å². The molecule has 0 atom stereocenters. The van der Waals surface area contributed by atoms with Gasteiger partial charge < -0.3 is 15.1 Å². The average Bonchev–Trinajstić information content (AvgIpc) is 2.85. The van der Waals surface area contributed by atoms with Crippen molar-refractivity contribution in [2.24, 2.45) is 0 Å². The van der Waals surface area contributed by atoms with Gasteiger partial charge in [-0.3, -0.25) is 14.9 Å². The van der Waals surface area contributed by atoms with Crippen LogP contribution >= 0.6 is 0 Å². The van der Waals surface area contributed by atoms with E-state index in [0.29, 0.717) is 30.9 Å². The number of hydrogen-bond acceptors (Lipinski definition) is 6. The average molecular weight is 436 g/mol. The standard InChI is InChI=1S/C24H29N5O3/c30-24(26-13-11-19-6-2-1-3-7-19)20-9-10-21(22(18-20)29(31)32)27-14-16-28(17-15-27)23-8-4-5-12-25-23/h4-6,8-10,12,18H,1-3,7,11,13-17H2,(H,26,30). The minimum absolute atomic E-state index is 0.0288. The second-order valence-electron chi connectivity index (χ2n) is 8.24. The van der Waals surface area contributed by atoms with Gasteiger partial charge in [0, 0.05) is 50.6 Å². The third kappa shape index (κ3) is 5.25. The van der Waals surface area contributed by atoms with Crippen molar-refractivity contribution in [2.75, 3.05) is 42.5 Å². The lowest BCUT2D eigenvalue weighted by Gasteiger charge is -2.36. The first-order valence-corrected chi connectivity index (χ1v) is 11.3. The number of allylic oxidation sites excluding steroid dienone is 1. The second kappa shape index (κ2) is 10.3. The molecule has 8 heteroatoms. The third-order valence-corrected chi connectivity index (χ3v) is 6.14. The second-order valence-corrected chi connectivity index (χ2v) is 8.24. The number of carbonyl (C=O) groups is 1. The summed E-state index contributed by atoms with van der Waals surface area (Å²) in [6, 6.07) is 10.6. The Morgan fingerprint density at radius 2 is 1.91 bits per heavy atom. The van der Waals surface area contributed by atoms with Crippen molar-refractivity contribution in [3.05, 3.63) is 69.9 Å². The molecule has 0 unspecified atom stereocenters. The maximum absolute atomic E-state index is 12.6. The lowest BCUT2D eigenvalue weighted by molar-refractivity contribution is -0.384. The van der Waals surface area contributed by atoms with Gasteiger partial charge in [0.1, 0.15) is 11.5 Å². The molecule has 1 saturated heterocycles. The van der Waals surface area contributed by atoms with Gasteiger partial charge in [-0.1, -0.05) is 17.7 Å². The van der Waals surface area contributed by atoms with Crippen LogP contribution in [0.4, 0.5) is 17.2 Å². The van der Waals surface area contributed by atoms with Crippen molar-refractivity contribution in [3.63, 3.8) is 0 Å². The Morgan fingerprint density at radius 1 is 1.09 bits per heavy atom. The molecule has 1 aliphatic carbocycles. The van der Waals surface area contributed by atoms with Crippen LogP contribution in [0.5, 0.6) is 0 Å². The third-order valence-electron chi connectivity index (χ3n) is 6.14. The Morgan fingerprint density at radius 3 is 2.59 bits per heavy atom. The highest BCUT2D eigenvalue weighted by Crippen LogP contribution is 2.30. The Hall–Kier alpha value is -3.42. The number of hydrogen-bond donors (Lipinski definition) is 1. The summed E-state index contributed by atoms with van der Waals surface area (Å²) >= 11 is 0. The highest BCUT2D eigenvalue weighted by atomic mass is 16.6. The number of carbonyl (C=O) groups excluding carboxylic acids is 1. The molecule has 1 aromatic heterocycles. The molecule has 1 amide bonds. The quantitative estimate of drug-likeness (QED) is 0.402. The van der Waals surface area contributed by atoms with Crippen molar-refractivity contribution < 1.29 is 9.72 Å². The van der Waals surface area contributed by atoms with E-state index in [1.807, 2.05) is 23.1 Å². The fraction of sp³-hybridized carbons (Fsp3) is 0.417. The molecule has 2 heterocycles. The summed E-state index contributed by atoms with van der Waals surface area (Å²) in [4.78, 5) is 32.5. The van der Waals surface area contributed by atoms with Crippen LogP contribution in [-0.2, 0) is 0 Å². The molecule has 1 fully saturated rings. The van der Waals surface area contributed by atoms with Crippen LogP contribution in [0.3, 0.4) is 0 Å². The maximum Gasteiger partial charge on any atom is 0.293 e. The summed E-state index contributed by atoms with van der Waals surface area (Å²) in [7, 11) is 0. The molecule has 0 bridgehead atoms. The van der Waals surface area contributed by atoms with Crippen LogP contribution in [0.25, 0.3) is 0 Å². The number of nitrogens with one attached hydrogen (secondary N) is 1. The zero-order valence-electron chi connectivity index (χ0n) is 18.2. The van der Waals surface area contributed by atoms with E-state index in [2.05, 4.69) is 21.3 Å². The normalized spacial score (nSPS) is 16.4. The molecule has 4 rings (SSSR count). The number of nitro benzene ring substituents is 1. The van der Waals surface area contributed by atoms with Crippen molar-refractivity contribution in [3.8, 4) is 0 Å². The van der Waals surface area contributed by atoms with E-state index >= 15 is 0 Å². The number of pyridine rings is 1. The van der Waals surface area contributed by atoms with Crippen LogP contribution in [0, 0.1) is 10.1 Å². The van der Waals surface area contributed by atoms with E-state index in [0.717, 1.165) is 38.2 Å². The van der Waals surface area contributed by atoms with Crippen LogP contribution in [-0.4, -0.2) is 48.5 Å². The van der Waals surface area contributed by atoms with Gasteiger partial charge in [-0.25, -0.2) is 4.98 Å². The Balaban J connectivity index is 1.39. The topological polar surface area (TPSA) is 91.6 Å². The SMILES string of the molecule is O=C(NCCC1=CCCCC1)c1ccc(N2CCN(c3ccccn3)CC2)c([N+](=O)[O-])c1. The Kier molecular flexibility index (Phi) is 6.99. The maximum atomic E-state index is 12.6. The first-order chi connectivity index (χ1) is 15.6. The van der Waals surface area contributed by atoms with E-state index < -0.39 is 4.92 Å². The Labute approximate surface area is 188 Å². The molecule has 0 saturated carbocycles. The highest BCUT2D eigenvalue weighted by molar-refractivity contribution is 5.95. The molecule has 2 aromatic rings. The summed E-state index contributed by atoms with van der Waals surface area (Å²) in [6.07, 6.45) is 9.54. The van der Waals surface area contributed by atoms with Gasteiger partial charge >= 0.3 is 0 Å². The molecule has 0 radical (unpaired) electrons. The van der Waals surface area contributed by atoms with E-state index in [4.69, 9.17) is 0 Å². The number of benzene rings is 1. The molecule has 1 aliphatic heterocycles. The van der Waals surface area contributed by atoms with Gasteiger partial charge in [0.05, 0.1) is 4.92 Å². The van der Waals surface area contributed by atoms with Gasteiger partial charge in [-0.05, 0) is 56.4 Å². The zero-order valence-corrected chi connectivity index (χ0v) is 18.2. The van der Waals surface area contributed by atoms with Crippen molar-refractivity contribution in [1.29, 1.82) is 0 Å². The first-order valence-electron chi connectivity index (χ1n) is 11.3. The summed E-state index contributed by atoms with van der Waals surface area (Å²) in [6.45, 7) is 3.31. The number of rotatable bonds is 7. The minimum Gasteiger partial charge on any atom is -0.362 e. The molecule has 1 N–H and O–H groups in total. The zero-order chi connectivity index (χ0) is 22.3. The number of amides is 1. The van der Waals surface area contributed by atoms with Gasteiger partial charge in [-0.2, -0.15) is 0 Å². The Bertz CT molecular complexity index is 984. The number of nitro groups is 1. The highest BCUT2D eigenvalue weighted by Gasteiger charge is 2.25. The van der Waals surface area contributed by atoms with Gasteiger partial charge in [0.2, 0.25) is 0 Å². The lowest BCUT2D eigenvalue weighted by Crippen LogP contribution is -2.47. The predicted molar refractivity (Wildman–Crippen MR) is 125 cm³/mol. The largest absolute Gasteiger partial charge is 0.362 e. The van der Waals surface area contributed by atoms with Crippen molar-refractivity contribution >= 4 is 23.1 Å². The van der Waals surface area contributed by atoms with Gasteiger partial charge in [0.15, 0.2) is 0 Å². The monoisotopic (exact) mass is 435 g/mol. The van der Waals surface area contributed by atoms with Crippen LogP contribution in [0.1, 0.15) is 42.5 Å². The summed E-state index contributed by atoms with van der Waals surface area (Å²) in [5.41, 5.74) is 2.24. The summed E-state index contributed by atoms with van der Waals surface area (Å²) in [5, 5.41) is 14.7. The smallest absolute Gasteiger partial charge is 0.293 e. The van der Waals surface area contributed by atoms with Gasteiger partial charge in [-0.15, -0.1) is 0 Å². The molecular weight excluding hydrogens is 406 g/mol. The molecular formula is C24H29N5O3. The van der Waals surface area contributed by atoms with Crippen molar-refractivity contribution in [2.45, 2.75) is 32.1 Å². The van der Waals surface area contributed by atoms with E-state index in [-0.39, 0.29) is 11.6 Å². The first kappa shape index (κ1) is 21.8. The minimum atomic E-state index is -0.399. The lowest BCUT2D eigenvalue weighted by atomic mass is 9.97.